The lowest BCUT2D eigenvalue weighted by molar-refractivity contribution is -0.137. The van der Waals surface area contributed by atoms with Crippen molar-refractivity contribution in [2.45, 2.75) is 32.7 Å². The predicted octanol–water partition coefficient (Wildman–Crippen LogP) is 2.32. The average molecular weight is 296 g/mol. The number of carboxylic acids is 1. The van der Waals surface area contributed by atoms with Gasteiger partial charge in [-0.3, -0.25) is 4.79 Å². The van der Waals surface area contributed by atoms with Crippen LogP contribution in [0.25, 0.3) is 0 Å². The Morgan fingerprint density at radius 2 is 2.10 bits per heavy atom. The molecule has 0 aromatic carbocycles. The summed E-state index contributed by atoms with van der Waals surface area (Å²) in [7, 11) is 0. The van der Waals surface area contributed by atoms with E-state index in [1.807, 2.05) is 6.07 Å². The van der Waals surface area contributed by atoms with Crippen molar-refractivity contribution in [3.8, 4) is 0 Å². The first-order valence-corrected chi connectivity index (χ1v) is 7.72. The van der Waals surface area contributed by atoms with Crippen LogP contribution < -0.4 is 5.32 Å². The van der Waals surface area contributed by atoms with Gasteiger partial charge in [0.25, 0.3) is 0 Å². The number of carbonyl (C=O) groups excluding carboxylic acids is 1. The van der Waals surface area contributed by atoms with Crippen LogP contribution in [0.3, 0.4) is 0 Å². The number of aryl methyl sites for hydroxylation is 1. The summed E-state index contributed by atoms with van der Waals surface area (Å²) in [5.74, 6) is -0.487. The van der Waals surface area contributed by atoms with Crippen LogP contribution in [0.15, 0.2) is 12.1 Å². The minimum absolute atomic E-state index is 0.229. The number of amides is 2. The van der Waals surface area contributed by atoms with E-state index in [1.54, 1.807) is 11.3 Å². The van der Waals surface area contributed by atoms with Gasteiger partial charge in [-0.05, 0) is 37.3 Å². The number of carboxylic acid groups (broad SMARTS) is 1. The number of hydrogen-bond acceptors (Lipinski definition) is 3. The molecule has 1 heterocycles. The fraction of sp³-hybridized carbons (Fsp3) is 0.571. The number of hydrogen-bond donors (Lipinski definition) is 2. The Bertz CT molecular complexity index is 483. The monoisotopic (exact) mass is 296 g/mol. The number of nitrogens with zero attached hydrogens (tertiary/aromatic N) is 1. The summed E-state index contributed by atoms with van der Waals surface area (Å²) in [6.45, 7) is 2.87. The molecular weight excluding hydrogens is 276 g/mol. The molecule has 2 amide bonds. The van der Waals surface area contributed by atoms with Crippen molar-refractivity contribution in [3.05, 3.63) is 21.9 Å². The van der Waals surface area contributed by atoms with Crippen molar-refractivity contribution in [1.82, 2.24) is 10.2 Å². The topological polar surface area (TPSA) is 69.6 Å². The zero-order valence-corrected chi connectivity index (χ0v) is 12.4. The molecule has 1 aliphatic rings. The van der Waals surface area contributed by atoms with Crippen molar-refractivity contribution < 1.29 is 14.7 Å². The first kappa shape index (κ1) is 14.8. The van der Waals surface area contributed by atoms with Crippen LogP contribution in [0, 0.1) is 5.92 Å². The van der Waals surface area contributed by atoms with E-state index in [0.717, 1.165) is 24.1 Å². The molecule has 1 saturated carbocycles. The second-order valence-corrected chi connectivity index (χ2v) is 6.35. The fourth-order valence-electron chi connectivity index (χ4n) is 1.98. The van der Waals surface area contributed by atoms with Crippen LogP contribution >= 0.6 is 11.3 Å². The van der Waals surface area contributed by atoms with Gasteiger partial charge in [-0.15, -0.1) is 11.3 Å². The van der Waals surface area contributed by atoms with Crippen molar-refractivity contribution in [3.63, 3.8) is 0 Å². The van der Waals surface area contributed by atoms with E-state index in [-0.39, 0.29) is 12.6 Å². The molecule has 20 heavy (non-hydrogen) atoms. The molecule has 0 aliphatic heterocycles. The summed E-state index contributed by atoms with van der Waals surface area (Å²) in [4.78, 5) is 26.6. The number of urea groups is 1. The third-order valence-electron chi connectivity index (χ3n) is 3.27. The van der Waals surface area contributed by atoms with E-state index in [1.165, 1.54) is 9.78 Å². The summed E-state index contributed by atoms with van der Waals surface area (Å²) < 4.78 is 0. The van der Waals surface area contributed by atoms with Crippen molar-refractivity contribution in [1.29, 1.82) is 0 Å². The van der Waals surface area contributed by atoms with Gasteiger partial charge in [0.1, 0.15) is 6.54 Å². The van der Waals surface area contributed by atoms with E-state index < -0.39 is 5.97 Å². The number of nitrogens with one attached hydrogen (secondary N) is 1. The molecule has 6 heteroatoms. The molecule has 2 N–H and O–H groups in total. The van der Waals surface area contributed by atoms with E-state index in [9.17, 15) is 9.59 Å². The second kappa shape index (κ2) is 6.74. The van der Waals surface area contributed by atoms with Gasteiger partial charge in [0.05, 0.1) is 6.54 Å². The first-order chi connectivity index (χ1) is 9.58. The minimum Gasteiger partial charge on any atom is -0.480 e. The van der Waals surface area contributed by atoms with E-state index in [2.05, 4.69) is 18.3 Å². The highest BCUT2D eigenvalue weighted by Gasteiger charge is 2.27. The normalized spacial score (nSPS) is 14.1. The standard InChI is InChI=1S/C14H20N2O3S/c1-2-11-5-6-12(20-11)7-15-14(19)16(9-13(17)18)8-10-3-4-10/h5-6,10H,2-4,7-9H2,1H3,(H,15,19)(H,17,18). The maximum absolute atomic E-state index is 12.0. The zero-order valence-electron chi connectivity index (χ0n) is 11.6. The zero-order chi connectivity index (χ0) is 14.5. The molecule has 0 spiro atoms. The van der Waals surface area contributed by atoms with Crippen LogP contribution in [-0.4, -0.2) is 35.1 Å². The molecule has 0 radical (unpaired) electrons. The molecule has 0 atom stereocenters. The van der Waals surface area contributed by atoms with Gasteiger partial charge < -0.3 is 15.3 Å². The van der Waals surface area contributed by atoms with Crippen molar-refractivity contribution in [2.24, 2.45) is 5.92 Å². The summed E-state index contributed by atoms with van der Waals surface area (Å²) in [6, 6.07) is 3.78. The highest BCUT2D eigenvalue weighted by atomic mass is 32.1. The number of carbonyl (C=O) groups is 2. The lowest BCUT2D eigenvalue weighted by Crippen LogP contribution is -2.43. The highest BCUT2D eigenvalue weighted by Crippen LogP contribution is 2.29. The lowest BCUT2D eigenvalue weighted by Gasteiger charge is -2.20. The van der Waals surface area contributed by atoms with Crippen LogP contribution in [0.1, 0.15) is 29.5 Å². The van der Waals surface area contributed by atoms with Crippen LogP contribution in [0.4, 0.5) is 4.79 Å². The largest absolute Gasteiger partial charge is 0.480 e. The predicted molar refractivity (Wildman–Crippen MR) is 77.9 cm³/mol. The summed E-state index contributed by atoms with van der Waals surface area (Å²) in [5.41, 5.74) is 0. The molecule has 0 unspecified atom stereocenters. The third-order valence-corrected chi connectivity index (χ3v) is 4.50. The maximum Gasteiger partial charge on any atom is 0.323 e. The van der Waals surface area contributed by atoms with Gasteiger partial charge in [-0.25, -0.2) is 4.79 Å². The van der Waals surface area contributed by atoms with Crippen molar-refractivity contribution >= 4 is 23.3 Å². The van der Waals surface area contributed by atoms with Gasteiger partial charge in [-0.2, -0.15) is 0 Å². The molecule has 2 rings (SSSR count). The number of rotatable bonds is 7. The van der Waals surface area contributed by atoms with Crippen molar-refractivity contribution in [2.75, 3.05) is 13.1 Å². The van der Waals surface area contributed by atoms with Gasteiger partial charge >= 0.3 is 12.0 Å². The van der Waals surface area contributed by atoms with Crippen LogP contribution in [-0.2, 0) is 17.8 Å². The second-order valence-electron chi connectivity index (χ2n) is 5.10. The fourth-order valence-corrected chi connectivity index (χ4v) is 2.87. The Balaban J connectivity index is 1.84. The van der Waals surface area contributed by atoms with Crippen LogP contribution in [0.5, 0.6) is 0 Å². The highest BCUT2D eigenvalue weighted by molar-refractivity contribution is 7.11. The SMILES string of the molecule is CCc1ccc(CNC(=O)N(CC(=O)O)CC2CC2)s1. The van der Waals surface area contributed by atoms with Gasteiger partial charge in [-0.1, -0.05) is 6.92 Å². The number of aliphatic carboxylic acids is 1. The van der Waals surface area contributed by atoms with Gasteiger partial charge in [0.15, 0.2) is 0 Å². The average Bonchev–Trinajstić information content (AvgIpc) is 3.10. The van der Waals surface area contributed by atoms with Gasteiger partial charge in [0, 0.05) is 16.3 Å². The summed E-state index contributed by atoms with van der Waals surface area (Å²) in [6.07, 6.45) is 3.17. The molecule has 5 nitrogen and oxygen atoms in total. The molecule has 1 fully saturated rings. The van der Waals surface area contributed by atoms with E-state index in [0.29, 0.717) is 19.0 Å². The molecule has 1 aromatic heterocycles. The quantitative estimate of drug-likeness (QED) is 0.811. The molecule has 1 aromatic rings. The third kappa shape index (κ3) is 4.52. The Morgan fingerprint density at radius 1 is 1.40 bits per heavy atom. The van der Waals surface area contributed by atoms with Crippen LogP contribution in [0.2, 0.25) is 0 Å². The Kier molecular flexibility index (Phi) is 5.00. The Morgan fingerprint density at radius 3 is 2.65 bits per heavy atom. The lowest BCUT2D eigenvalue weighted by atomic mass is 10.3. The summed E-state index contributed by atoms with van der Waals surface area (Å²) in [5, 5.41) is 11.7. The molecule has 0 bridgehead atoms. The first-order valence-electron chi connectivity index (χ1n) is 6.90. The molecule has 0 saturated heterocycles. The van der Waals surface area contributed by atoms with E-state index >= 15 is 0 Å². The Labute approximate surface area is 122 Å². The minimum atomic E-state index is -0.967. The van der Waals surface area contributed by atoms with Gasteiger partial charge in [0.2, 0.25) is 0 Å². The molecule has 1 aliphatic carbocycles. The number of thiophene rings is 1. The Hall–Kier alpha value is -1.56. The van der Waals surface area contributed by atoms with E-state index in [4.69, 9.17) is 5.11 Å². The molecular formula is C14H20N2O3S. The summed E-state index contributed by atoms with van der Waals surface area (Å²) >= 11 is 1.68. The maximum atomic E-state index is 12.0. The molecule has 110 valence electrons. The smallest absolute Gasteiger partial charge is 0.323 e.